The van der Waals surface area contributed by atoms with Crippen LogP contribution < -0.4 is 5.32 Å². The first kappa shape index (κ1) is 14.3. The highest BCUT2D eigenvalue weighted by atomic mass is 19.4. The summed E-state index contributed by atoms with van der Waals surface area (Å²) in [5.74, 6) is -0.199. The van der Waals surface area contributed by atoms with Crippen LogP contribution >= 0.6 is 0 Å². The number of halogens is 3. The summed E-state index contributed by atoms with van der Waals surface area (Å²) in [5, 5.41) is 3.06. The number of hydrogen-bond acceptors (Lipinski definition) is 2. The van der Waals surface area contributed by atoms with E-state index in [4.69, 9.17) is 0 Å². The lowest BCUT2D eigenvalue weighted by atomic mass is 10.2. The van der Waals surface area contributed by atoms with Crippen LogP contribution in [0.2, 0.25) is 0 Å². The molecule has 0 aromatic rings. The van der Waals surface area contributed by atoms with Gasteiger partial charge in [-0.05, 0) is 26.3 Å². The highest BCUT2D eigenvalue weighted by Gasteiger charge is 2.38. The summed E-state index contributed by atoms with van der Waals surface area (Å²) in [6, 6.07) is -1.07. The molecule has 2 unspecified atom stereocenters. The summed E-state index contributed by atoms with van der Waals surface area (Å²) < 4.78 is 36.7. The van der Waals surface area contributed by atoms with Crippen molar-refractivity contribution < 1.29 is 18.0 Å². The van der Waals surface area contributed by atoms with E-state index in [1.165, 1.54) is 11.8 Å². The summed E-state index contributed by atoms with van der Waals surface area (Å²) in [6.07, 6.45) is -3.64. The maximum absolute atomic E-state index is 12.2. The van der Waals surface area contributed by atoms with Gasteiger partial charge in [0.05, 0.1) is 12.5 Å². The molecule has 1 heterocycles. The van der Waals surface area contributed by atoms with Gasteiger partial charge >= 0.3 is 6.18 Å². The highest BCUT2D eigenvalue weighted by molar-refractivity contribution is 5.84. The van der Waals surface area contributed by atoms with Crippen molar-refractivity contribution in [2.75, 3.05) is 13.1 Å². The fraction of sp³-hybridized carbons (Fsp3) is 0.909. The third-order valence-electron chi connectivity index (χ3n) is 2.94. The minimum atomic E-state index is -4.21. The lowest BCUT2D eigenvalue weighted by Gasteiger charge is -2.25. The third kappa shape index (κ3) is 4.18. The van der Waals surface area contributed by atoms with Gasteiger partial charge in [0.2, 0.25) is 5.91 Å². The smallest absolute Gasteiger partial charge is 0.338 e. The van der Waals surface area contributed by atoms with E-state index in [0.29, 0.717) is 13.0 Å². The van der Waals surface area contributed by atoms with Gasteiger partial charge in [-0.2, -0.15) is 13.2 Å². The fourth-order valence-corrected chi connectivity index (χ4v) is 2.09. The van der Waals surface area contributed by atoms with Crippen molar-refractivity contribution in [3.63, 3.8) is 0 Å². The molecule has 0 saturated carbocycles. The van der Waals surface area contributed by atoms with Crippen LogP contribution in [-0.2, 0) is 4.79 Å². The van der Waals surface area contributed by atoms with E-state index >= 15 is 0 Å². The average molecular weight is 252 g/mol. The Labute approximate surface area is 99.4 Å². The molecule has 1 amide bonds. The molecule has 100 valence electrons. The van der Waals surface area contributed by atoms with E-state index in [9.17, 15) is 18.0 Å². The predicted octanol–water partition coefficient (Wildman–Crippen LogP) is 1.93. The minimum absolute atomic E-state index is 0.199. The Kier molecular flexibility index (Phi) is 4.80. The number of alkyl halides is 3. The Balaban J connectivity index is 2.49. The zero-order chi connectivity index (χ0) is 13.1. The number of carbonyl (C=O) groups excluding carboxylic acids is 1. The van der Waals surface area contributed by atoms with E-state index in [2.05, 4.69) is 5.32 Å². The van der Waals surface area contributed by atoms with E-state index < -0.39 is 18.6 Å². The minimum Gasteiger partial charge on any atom is -0.338 e. The molecule has 2 atom stereocenters. The number of amides is 1. The molecule has 1 aliphatic rings. The second-order valence-electron chi connectivity index (χ2n) is 4.50. The Morgan fingerprint density at radius 1 is 1.53 bits per heavy atom. The molecule has 6 heteroatoms. The molecule has 1 saturated heterocycles. The third-order valence-corrected chi connectivity index (χ3v) is 2.94. The summed E-state index contributed by atoms with van der Waals surface area (Å²) in [7, 11) is 0. The molecule has 0 radical (unpaired) electrons. The number of hydrogen-bond donors (Lipinski definition) is 1. The zero-order valence-corrected chi connectivity index (χ0v) is 10.2. The first-order valence-corrected chi connectivity index (χ1v) is 5.95. The molecule has 0 aliphatic carbocycles. The first-order chi connectivity index (χ1) is 7.85. The monoisotopic (exact) mass is 252 g/mol. The number of carbonyl (C=O) groups is 1. The molecule has 0 aromatic carbocycles. The van der Waals surface area contributed by atoms with E-state index in [1.807, 2.05) is 6.92 Å². The van der Waals surface area contributed by atoms with Gasteiger partial charge in [0.1, 0.15) is 0 Å². The molecule has 1 aliphatic heterocycles. The second-order valence-corrected chi connectivity index (χ2v) is 4.50. The molecular weight excluding hydrogens is 233 g/mol. The van der Waals surface area contributed by atoms with Crippen molar-refractivity contribution in [3.05, 3.63) is 0 Å². The topological polar surface area (TPSA) is 32.3 Å². The van der Waals surface area contributed by atoms with Crippen molar-refractivity contribution in [1.29, 1.82) is 0 Å². The number of nitrogens with one attached hydrogen (secondary N) is 1. The molecule has 1 rings (SSSR count). The summed E-state index contributed by atoms with van der Waals surface area (Å²) in [4.78, 5) is 13.2. The van der Waals surface area contributed by atoms with Gasteiger partial charge in [-0.25, -0.2) is 0 Å². The van der Waals surface area contributed by atoms with Gasteiger partial charge in [0.25, 0.3) is 0 Å². The largest absolute Gasteiger partial charge is 0.391 e. The molecule has 0 spiro atoms. The molecular formula is C11H19F3N2O. The SMILES string of the molecule is CCCNC1CCN(C(C)CC(F)(F)F)C1=O. The highest BCUT2D eigenvalue weighted by Crippen LogP contribution is 2.26. The summed E-state index contributed by atoms with van der Waals surface area (Å²) in [6.45, 7) is 4.57. The molecule has 17 heavy (non-hydrogen) atoms. The molecule has 0 bridgehead atoms. The number of likely N-dealkylation sites (tertiary alicyclic amines) is 1. The molecule has 1 N–H and O–H groups in total. The summed E-state index contributed by atoms with van der Waals surface area (Å²) >= 11 is 0. The van der Waals surface area contributed by atoms with Gasteiger partial charge in [-0.3, -0.25) is 4.79 Å². The zero-order valence-electron chi connectivity index (χ0n) is 10.2. The lowest BCUT2D eigenvalue weighted by molar-refractivity contribution is -0.151. The van der Waals surface area contributed by atoms with Crippen LogP contribution in [-0.4, -0.2) is 42.2 Å². The van der Waals surface area contributed by atoms with Crippen LogP contribution in [0, 0.1) is 0 Å². The van der Waals surface area contributed by atoms with E-state index in [1.54, 1.807) is 0 Å². The Morgan fingerprint density at radius 3 is 2.71 bits per heavy atom. The van der Waals surface area contributed by atoms with Gasteiger partial charge in [-0.1, -0.05) is 6.92 Å². The van der Waals surface area contributed by atoms with Gasteiger partial charge < -0.3 is 10.2 Å². The van der Waals surface area contributed by atoms with E-state index in [-0.39, 0.29) is 11.9 Å². The van der Waals surface area contributed by atoms with E-state index in [0.717, 1.165) is 13.0 Å². The standard InChI is InChI=1S/C11H19F3N2O/c1-3-5-15-9-4-6-16(10(9)17)8(2)7-11(12,13)14/h8-9,15H,3-7H2,1-2H3. The van der Waals surface area contributed by atoms with Crippen molar-refractivity contribution in [2.45, 2.75) is 51.4 Å². The van der Waals surface area contributed by atoms with Gasteiger partial charge in [0.15, 0.2) is 0 Å². The second kappa shape index (κ2) is 5.71. The van der Waals surface area contributed by atoms with Crippen molar-refractivity contribution in [1.82, 2.24) is 10.2 Å². The normalized spacial score (nSPS) is 23.2. The van der Waals surface area contributed by atoms with Crippen LogP contribution in [0.25, 0.3) is 0 Å². The summed E-state index contributed by atoms with van der Waals surface area (Å²) in [5.41, 5.74) is 0. The van der Waals surface area contributed by atoms with Crippen LogP contribution in [0.4, 0.5) is 13.2 Å². The average Bonchev–Trinajstić information content (AvgIpc) is 2.54. The van der Waals surface area contributed by atoms with Crippen LogP contribution in [0.5, 0.6) is 0 Å². The Hall–Kier alpha value is -0.780. The maximum Gasteiger partial charge on any atom is 0.391 e. The molecule has 3 nitrogen and oxygen atoms in total. The number of rotatable bonds is 5. The molecule has 1 fully saturated rings. The quantitative estimate of drug-likeness (QED) is 0.811. The number of nitrogens with zero attached hydrogens (tertiary/aromatic N) is 1. The lowest BCUT2D eigenvalue weighted by Crippen LogP contribution is -2.43. The van der Waals surface area contributed by atoms with Crippen LogP contribution in [0.15, 0.2) is 0 Å². The van der Waals surface area contributed by atoms with Crippen molar-refractivity contribution in [2.24, 2.45) is 0 Å². The van der Waals surface area contributed by atoms with Gasteiger partial charge in [0, 0.05) is 12.6 Å². The van der Waals surface area contributed by atoms with Crippen LogP contribution in [0.1, 0.15) is 33.1 Å². The predicted molar refractivity (Wildman–Crippen MR) is 58.5 cm³/mol. The van der Waals surface area contributed by atoms with Crippen LogP contribution in [0.3, 0.4) is 0 Å². The first-order valence-electron chi connectivity index (χ1n) is 5.95. The van der Waals surface area contributed by atoms with Gasteiger partial charge in [-0.15, -0.1) is 0 Å². The van der Waals surface area contributed by atoms with Crippen molar-refractivity contribution in [3.8, 4) is 0 Å². The Morgan fingerprint density at radius 2 is 2.18 bits per heavy atom. The Bertz CT molecular complexity index is 268. The maximum atomic E-state index is 12.2. The van der Waals surface area contributed by atoms with Crippen molar-refractivity contribution >= 4 is 5.91 Å². The molecule has 0 aromatic heterocycles. The fourth-order valence-electron chi connectivity index (χ4n) is 2.09.